The van der Waals surface area contributed by atoms with Crippen LogP contribution < -0.4 is 14.8 Å². The Morgan fingerprint density at radius 3 is 2.57 bits per heavy atom. The van der Waals surface area contributed by atoms with Crippen molar-refractivity contribution in [2.75, 3.05) is 20.8 Å². The number of nitrogens with one attached hydrogen (secondary N) is 1. The van der Waals surface area contributed by atoms with Gasteiger partial charge in [-0.05, 0) is 25.2 Å². The van der Waals surface area contributed by atoms with Crippen LogP contribution in [0.2, 0.25) is 0 Å². The molecule has 0 aliphatic heterocycles. The van der Waals surface area contributed by atoms with E-state index in [-0.39, 0.29) is 18.4 Å². The van der Waals surface area contributed by atoms with Crippen LogP contribution in [0.4, 0.5) is 8.78 Å². The lowest BCUT2D eigenvalue weighted by Gasteiger charge is -2.20. The molecule has 0 spiro atoms. The molecule has 0 saturated carbocycles. The van der Waals surface area contributed by atoms with Crippen LogP contribution >= 0.6 is 0 Å². The van der Waals surface area contributed by atoms with Crippen LogP contribution in [0.5, 0.6) is 11.5 Å². The minimum absolute atomic E-state index is 0.106. The molecular formula is C16H17F2NO2. The van der Waals surface area contributed by atoms with E-state index in [2.05, 4.69) is 5.32 Å². The van der Waals surface area contributed by atoms with Gasteiger partial charge in [0.15, 0.2) is 11.6 Å². The SMILES string of the molecule is CNC(COc1cc(F)ccc1F)c1ccccc1OC. The number of halogens is 2. The van der Waals surface area contributed by atoms with Crippen molar-refractivity contribution in [1.82, 2.24) is 5.32 Å². The number of methoxy groups -OCH3 is 1. The van der Waals surface area contributed by atoms with Gasteiger partial charge in [0, 0.05) is 11.6 Å². The summed E-state index contributed by atoms with van der Waals surface area (Å²) in [6.45, 7) is 0.150. The Bertz CT molecular complexity index is 605. The maximum atomic E-state index is 13.5. The highest BCUT2D eigenvalue weighted by Crippen LogP contribution is 2.26. The van der Waals surface area contributed by atoms with Crippen LogP contribution in [-0.4, -0.2) is 20.8 Å². The lowest BCUT2D eigenvalue weighted by atomic mass is 10.1. The standard InChI is InChI=1S/C16H17F2NO2/c1-19-14(12-5-3-4-6-15(12)20-2)10-21-16-9-11(17)7-8-13(16)18/h3-9,14,19H,10H2,1-2H3. The highest BCUT2D eigenvalue weighted by atomic mass is 19.1. The topological polar surface area (TPSA) is 30.5 Å². The molecule has 0 saturated heterocycles. The van der Waals surface area contributed by atoms with Crippen molar-refractivity contribution in [3.63, 3.8) is 0 Å². The zero-order chi connectivity index (χ0) is 15.2. The quantitative estimate of drug-likeness (QED) is 0.886. The Labute approximate surface area is 122 Å². The van der Waals surface area contributed by atoms with Crippen LogP contribution in [0, 0.1) is 11.6 Å². The van der Waals surface area contributed by atoms with Crippen molar-refractivity contribution < 1.29 is 18.3 Å². The van der Waals surface area contributed by atoms with E-state index in [4.69, 9.17) is 9.47 Å². The summed E-state index contributed by atoms with van der Waals surface area (Å²) < 4.78 is 37.3. The normalized spacial score (nSPS) is 12.0. The van der Waals surface area contributed by atoms with Crippen LogP contribution in [0.1, 0.15) is 11.6 Å². The second-order valence-electron chi connectivity index (χ2n) is 4.47. The molecule has 2 rings (SSSR count). The number of likely N-dealkylation sites (N-methyl/N-ethyl adjacent to an activating group) is 1. The maximum absolute atomic E-state index is 13.5. The molecule has 0 fully saturated rings. The summed E-state index contributed by atoms with van der Waals surface area (Å²) in [6.07, 6.45) is 0. The molecule has 2 aromatic carbocycles. The van der Waals surface area contributed by atoms with Crippen molar-refractivity contribution in [1.29, 1.82) is 0 Å². The zero-order valence-corrected chi connectivity index (χ0v) is 11.9. The fourth-order valence-corrected chi connectivity index (χ4v) is 2.04. The summed E-state index contributed by atoms with van der Waals surface area (Å²) in [4.78, 5) is 0. The number of benzene rings is 2. The number of rotatable bonds is 6. The van der Waals surface area contributed by atoms with Gasteiger partial charge in [0.2, 0.25) is 0 Å². The Morgan fingerprint density at radius 2 is 1.86 bits per heavy atom. The third-order valence-corrected chi connectivity index (χ3v) is 3.16. The first-order valence-electron chi connectivity index (χ1n) is 6.53. The van der Waals surface area contributed by atoms with Crippen molar-refractivity contribution >= 4 is 0 Å². The summed E-state index contributed by atoms with van der Waals surface area (Å²) in [7, 11) is 3.35. The largest absolute Gasteiger partial charge is 0.496 e. The summed E-state index contributed by atoms with van der Waals surface area (Å²) in [5, 5.41) is 3.08. The Balaban J connectivity index is 2.14. The van der Waals surface area contributed by atoms with Gasteiger partial charge in [0.1, 0.15) is 18.2 Å². The van der Waals surface area contributed by atoms with Crippen molar-refractivity contribution in [2.45, 2.75) is 6.04 Å². The van der Waals surface area contributed by atoms with E-state index in [1.165, 1.54) is 0 Å². The first kappa shape index (κ1) is 15.3. The highest BCUT2D eigenvalue weighted by Gasteiger charge is 2.16. The van der Waals surface area contributed by atoms with Crippen molar-refractivity contribution in [2.24, 2.45) is 0 Å². The molecule has 1 N–H and O–H groups in total. The van der Waals surface area contributed by atoms with E-state index >= 15 is 0 Å². The molecule has 2 aromatic rings. The number of hydrogen-bond donors (Lipinski definition) is 1. The molecule has 0 aliphatic rings. The predicted octanol–water partition coefficient (Wildman–Crippen LogP) is 3.31. The third-order valence-electron chi connectivity index (χ3n) is 3.16. The maximum Gasteiger partial charge on any atom is 0.165 e. The van der Waals surface area contributed by atoms with E-state index in [0.29, 0.717) is 5.75 Å². The van der Waals surface area contributed by atoms with Crippen LogP contribution in [-0.2, 0) is 0 Å². The van der Waals surface area contributed by atoms with E-state index in [1.807, 2.05) is 24.3 Å². The molecule has 0 amide bonds. The molecule has 0 radical (unpaired) electrons. The Morgan fingerprint density at radius 1 is 1.10 bits per heavy atom. The van der Waals surface area contributed by atoms with Crippen LogP contribution in [0.15, 0.2) is 42.5 Å². The smallest absolute Gasteiger partial charge is 0.165 e. The fraction of sp³-hybridized carbons (Fsp3) is 0.250. The molecule has 0 aromatic heterocycles. The molecule has 0 aliphatic carbocycles. The predicted molar refractivity (Wildman–Crippen MR) is 76.6 cm³/mol. The minimum Gasteiger partial charge on any atom is -0.496 e. The van der Waals surface area contributed by atoms with E-state index in [9.17, 15) is 8.78 Å². The Kier molecular flexibility index (Phi) is 5.11. The third kappa shape index (κ3) is 3.70. The molecule has 112 valence electrons. The van der Waals surface area contributed by atoms with Gasteiger partial charge in [-0.2, -0.15) is 0 Å². The lowest BCUT2D eigenvalue weighted by Crippen LogP contribution is -2.24. The van der Waals surface area contributed by atoms with Gasteiger partial charge in [0.25, 0.3) is 0 Å². The van der Waals surface area contributed by atoms with Crippen LogP contribution in [0.25, 0.3) is 0 Å². The number of ether oxygens (including phenoxy) is 2. The second kappa shape index (κ2) is 7.04. The van der Waals surface area contributed by atoms with Crippen LogP contribution in [0.3, 0.4) is 0 Å². The minimum atomic E-state index is -0.591. The fourth-order valence-electron chi connectivity index (χ4n) is 2.04. The van der Waals surface area contributed by atoms with Gasteiger partial charge in [0.05, 0.1) is 13.2 Å². The van der Waals surface area contributed by atoms with Gasteiger partial charge >= 0.3 is 0 Å². The monoisotopic (exact) mass is 293 g/mol. The molecule has 3 nitrogen and oxygen atoms in total. The molecular weight excluding hydrogens is 276 g/mol. The summed E-state index contributed by atoms with van der Waals surface area (Å²) in [5.74, 6) is -0.527. The van der Waals surface area contributed by atoms with E-state index in [1.54, 1.807) is 14.2 Å². The molecule has 0 bridgehead atoms. The second-order valence-corrected chi connectivity index (χ2v) is 4.47. The summed E-state index contributed by atoms with van der Waals surface area (Å²) in [6, 6.07) is 10.4. The zero-order valence-electron chi connectivity index (χ0n) is 11.9. The van der Waals surface area contributed by atoms with E-state index < -0.39 is 11.6 Å². The molecule has 5 heteroatoms. The molecule has 1 unspecified atom stereocenters. The molecule has 0 heterocycles. The first-order chi connectivity index (χ1) is 10.2. The first-order valence-corrected chi connectivity index (χ1v) is 6.53. The average molecular weight is 293 g/mol. The number of hydrogen-bond acceptors (Lipinski definition) is 3. The van der Waals surface area contributed by atoms with E-state index in [0.717, 1.165) is 23.8 Å². The van der Waals surface area contributed by atoms with Crippen molar-refractivity contribution in [3.8, 4) is 11.5 Å². The van der Waals surface area contributed by atoms with Gasteiger partial charge < -0.3 is 14.8 Å². The molecule has 21 heavy (non-hydrogen) atoms. The number of para-hydroxylation sites is 1. The summed E-state index contributed by atoms with van der Waals surface area (Å²) in [5.41, 5.74) is 0.888. The summed E-state index contributed by atoms with van der Waals surface area (Å²) >= 11 is 0. The lowest BCUT2D eigenvalue weighted by molar-refractivity contribution is 0.257. The van der Waals surface area contributed by atoms with Gasteiger partial charge in [-0.15, -0.1) is 0 Å². The van der Waals surface area contributed by atoms with Gasteiger partial charge in [-0.25, -0.2) is 8.78 Å². The van der Waals surface area contributed by atoms with Gasteiger partial charge in [-0.1, -0.05) is 18.2 Å². The average Bonchev–Trinajstić information content (AvgIpc) is 2.51. The molecule has 1 atom stereocenters. The van der Waals surface area contributed by atoms with Gasteiger partial charge in [-0.3, -0.25) is 0 Å². The Hall–Kier alpha value is -2.14. The highest BCUT2D eigenvalue weighted by molar-refractivity contribution is 5.36. The van der Waals surface area contributed by atoms with Crippen molar-refractivity contribution in [3.05, 3.63) is 59.7 Å².